The van der Waals surface area contributed by atoms with Crippen LogP contribution in [0, 0.1) is 5.92 Å². The molecule has 0 spiro atoms. The Kier molecular flexibility index (Phi) is 6.67. The maximum absolute atomic E-state index is 12.7. The van der Waals surface area contributed by atoms with E-state index in [0.29, 0.717) is 32.9 Å². The molecule has 0 saturated heterocycles. The van der Waals surface area contributed by atoms with Crippen molar-refractivity contribution in [1.29, 1.82) is 0 Å². The number of hydrogen-bond donors (Lipinski definition) is 2. The average Bonchev–Trinajstić information content (AvgIpc) is 3.12. The number of rotatable bonds is 7. The van der Waals surface area contributed by atoms with Crippen LogP contribution in [0.5, 0.6) is 0 Å². The molecule has 0 fully saturated rings. The molecule has 0 radical (unpaired) electrons. The van der Waals surface area contributed by atoms with Gasteiger partial charge in [0.1, 0.15) is 0 Å². The van der Waals surface area contributed by atoms with Crippen molar-refractivity contribution in [2.75, 3.05) is 5.32 Å². The number of hydrogen-bond acceptors (Lipinski definition) is 4. The summed E-state index contributed by atoms with van der Waals surface area (Å²) in [6.45, 7) is 0. The van der Waals surface area contributed by atoms with Gasteiger partial charge in [-0.25, -0.2) is 4.98 Å². The van der Waals surface area contributed by atoms with E-state index < -0.39 is 11.9 Å². The Bertz CT molecular complexity index is 992. The van der Waals surface area contributed by atoms with Crippen molar-refractivity contribution in [3.05, 3.63) is 69.5 Å². The van der Waals surface area contributed by atoms with Crippen molar-refractivity contribution in [3.8, 4) is 11.3 Å². The number of halogens is 2. The molecule has 0 bridgehead atoms. The summed E-state index contributed by atoms with van der Waals surface area (Å²) in [6, 6.07) is 14.4. The van der Waals surface area contributed by atoms with Gasteiger partial charge in [0.05, 0.1) is 23.1 Å². The normalized spacial score (nSPS) is 11.8. The minimum atomic E-state index is -1.03. The number of aliphatic carboxylic acids is 1. The first kappa shape index (κ1) is 20.3. The molecule has 1 amide bonds. The number of benzene rings is 2. The molecule has 0 unspecified atom stereocenters. The summed E-state index contributed by atoms with van der Waals surface area (Å²) in [5.74, 6) is -2.12. The van der Waals surface area contributed by atoms with Gasteiger partial charge in [-0.1, -0.05) is 53.5 Å². The molecular weight excluding hydrogens is 419 g/mol. The molecule has 1 heterocycles. The lowest BCUT2D eigenvalue weighted by molar-refractivity contribution is -0.140. The molecule has 1 atom stereocenters. The maximum Gasteiger partial charge on any atom is 0.304 e. The lowest BCUT2D eigenvalue weighted by Crippen LogP contribution is -2.27. The standard InChI is InChI=1S/C20H16Cl2N2O3S/c21-14-6-7-16(22)15(10-14)17-11-28-20(23-17)24-19(27)13(9-18(25)26)8-12-4-2-1-3-5-12/h1-7,10-11,13H,8-9H2,(H,25,26)(H,23,24,27)/t13-/m1/s1. The highest BCUT2D eigenvalue weighted by Crippen LogP contribution is 2.32. The van der Waals surface area contributed by atoms with E-state index in [2.05, 4.69) is 10.3 Å². The van der Waals surface area contributed by atoms with E-state index in [1.807, 2.05) is 30.3 Å². The summed E-state index contributed by atoms with van der Waals surface area (Å²) in [4.78, 5) is 28.2. The second kappa shape index (κ2) is 9.19. The molecule has 2 N–H and O–H groups in total. The quantitative estimate of drug-likeness (QED) is 0.522. The van der Waals surface area contributed by atoms with Crippen LogP contribution < -0.4 is 5.32 Å². The van der Waals surface area contributed by atoms with Crippen molar-refractivity contribution in [2.45, 2.75) is 12.8 Å². The monoisotopic (exact) mass is 434 g/mol. The largest absolute Gasteiger partial charge is 0.481 e. The van der Waals surface area contributed by atoms with Crippen LogP contribution in [-0.4, -0.2) is 22.0 Å². The summed E-state index contributed by atoms with van der Waals surface area (Å²) < 4.78 is 0. The predicted octanol–water partition coefficient (Wildman–Crippen LogP) is 5.39. The first-order valence-electron chi connectivity index (χ1n) is 8.40. The van der Waals surface area contributed by atoms with Crippen LogP contribution in [0.25, 0.3) is 11.3 Å². The number of nitrogens with one attached hydrogen (secondary N) is 1. The van der Waals surface area contributed by atoms with E-state index in [1.54, 1.807) is 23.6 Å². The predicted molar refractivity (Wildman–Crippen MR) is 112 cm³/mol. The SMILES string of the molecule is O=C(O)C[C@@H](Cc1ccccc1)C(=O)Nc1nc(-c2cc(Cl)ccc2Cl)cs1. The van der Waals surface area contributed by atoms with Gasteiger partial charge in [0.15, 0.2) is 5.13 Å². The smallest absolute Gasteiger partial charge is 0.304 e. The van der Waals surface area contributed by atoms with E-state index >= 15 is 0 Å². The van der Waals surface area contributed by atoms with E-state index in [1.165, 1.54) is 11.3 Å². The zero-order chi connectivity index (χ0) is 20.1. The summed E-state index contributed by atoms with van der Waals surface area (Å²) in [5.41, 5.74) is 2.15. The zero-order valence-electron chi connectivity index (χ0n) is 14.6. The number of carboxylic acid groups (broad SMARTS) is 1. The van der Waals surface area contributed by atoms with Gasteiger partial charge in [-0.2, -0.15) is 0 Å². The van der Waals surface area contributed by atoms with Gasteiger partial charge in [-0.15, -0.1) is 11.3 Å². The molecule has 0 saturated carbocycles. The van der Waals surface area contributed by atoms with Gasteiger partial charge in [0.2, 0.25) is 5.91 Å². The number of thiazole rings is 1. The third-order valence-corrected chi connectivity index (χ3v) is 5.38. The number of amides is 1. The highest BCUT2D eigenvalue weighted by molar-refractivity contribution is 7.14. The van der Waals surface area contributed by atoms with Crippen molar-refractivity contribution >= 4 is 51.5 Å². The van der Waals surface area contributed by atoms with Gasteiger partial charge >= 0.3 is 5.97 Å². The number of carboxylic acids is 1. The Labute approximate surface area is 176 Å². The topological polar surface area (TPSA) is 79.3 Å². The van der Waals surface area contributed by atoms with Crippen molar-refractivity contribution in [3.63, 3.8) is 0 Å². The Morgan fingerprint density at radius 1 is 1.14 bits per heavy atom. The van der Waals surface area contributed by atoms with Gasteiger partial charge in [-0.3, -0.25) is 9.59 Å². The average molecular weight is 435 g/mol. The van der Waals surface area contributed by atoms with Gasteiger partial charge in [0.25, 0.3) is 0 Å². The highest BCUT2D eigenvalue weighted by atomic mass is 35.5. The van der Waals surface area contributed by atoms with Crippen LogP contribution in [-0.2, 0) is 16.0 Å². The molecule has 0 aliphatic rings. The number of anilines is 1. The number of carbonyl (C=O) groups excluding carboxylic acids is 1. The van der Waals surface area contributed by atoms with Crippen LogP contribution in [0.4, 0.5) is 5.13 Å². The third kappa shape index (κ3) is 5.32. The lowest BCUT2D eigenvalue weighted by Gasteiger charge is -2.14. The van der Waals surface area contributed by atoms with E-state index in [-0.39, 0.29) is 12.3 Å². The molecule has 3 rings (SSSR count). The van der Waals surface area contributed by atoms with Crippen LogP contribution in [0.15, 0.2) is 53.9 Å². The fraction of sp³-hybridized carbons (Fsp3) is 0.150. The number of nitrogens with zero attached hydrogens (tertiary/aromatic N) is 1. The summed E-state index contributed by atoms with van der Waals surface area (Å²) >= 11 is 13.5. The lowest BCUT2D eigenvalue weighted by atomic mass is 9.95. The second-order valence-electron chi connectivity index (χ2n) is 6.14. The Hall–Kier alpha value is -2.41. The van der Waals surface area contributed by atoms with Crippen molar-refractivity contribution in [2.24, 2.45) is 5.92 Å². The summed E-state index contributed by atoms with van der Waals surface area (Å²) in [6.07, 6.45) is 0.0659. The highest BCUT2D eigenvalue weighted by Gasteiger charge is 2.23. The fourth-order valence-corrected chi connectivity index (χ4v) is 3.82. The maximum atomic E-state index is 12.7. The van der Waals surface area contributed by atoms with Crippen LogP contribution in [0.3, 0.4) is 0 Å². The molecule has 3 aromatic rings. The Morgan fingerprint density at radius 3 is 2.61 bits per heavy atom. The van der Waals surface area contributed by atoms with E-state index in [9.17, 15) is 9.59 Å². The van der Waals surface area contributed by atoms with E-state index in [0.717, 1.165) is 5.56 Å². The molecule has 144 valence electrons. The molecular formula is C20H16Cl2N2O3S. The first-order chi connectivity index (χ1) is 13.4. The molecule has 0 aliphatic heterocycles. The van der Waals surface area contributed by atoms with Gasteiger partial charge in [-0.05, 0) is 30.2 Å². The molecule has 2 aromatic carbocycles. The molecule has 8 heteroatoms. The number of aromatic nitrogens is 1. The van der Waals surface area contributed by atoms with E-state index in [4.69, 9.17) is 28.3 Å². The minimum Gasteiger partial charge on any atom is -0.481 e. The number of carbonyl (C=O) groups is 2. The Balaban J connectivity index is 1.75. The van der Waals surface area contributed by atoms with Crippen LogP contribution in [0.2, 0.25) is 10.0 Å². The van der Waals surface area contributed by atoms with Crippen molar-refractivity contribution in [1.82, 2.24) is 4.98 Å². The van der Waals surface area contributed by atoms with Crippen molar-refractivity contribution < 1.29 is 14.7 Å². The van der Waals surface area contributed by atoms with Gasteiger partial charge < -0.3 is 10.4 Å². The van der Waals surface area contributed by atoms with Gasteiger partial charge in [0, 0.05) is 16.0 Å². The molecule has 0 aliphatic carbocycles. The zero-order valence-corrected chi connectivity index (χ0v) is 16.9. The fourth-order valence-electron chi connectivity index (χ4n) is 2.72. The molecule has 5 nitrogen and oxygen atoms in total. The third-order valence-electron chi connectivity index (χ3n) is 4.06. The molecule has 1 aromatic heterocycles. The molecule has 28 heavy (non-hydrogen) atoms. The summed E-state index contributed by atoms with van der Waals surface area (Å²) in [7, 11) is 0. The van der Waals surface area contributed by atoms with Crippen LogP contribution in [0.1, 0.15) is 12.0 Å². The summed E-state index contributed by atoms with van der Waals surface area (Å²) in [5, 5.41) is 15.1. The minimum absolute atomic E-state index is 0.265. The van der Waals surface area contributed by atoms with Crippen LogP contribution >= 0.6 is 34.5 Å². The first-order valence-corrected chi connectivity index (χ1v) is 10.0. The second-order valence-corrected chi connectivity index (χ2v) is 7.84. The Morgan fingerprint density at radius 2 is 1.89 bits per heavy atom.